The van der Waals surface area contributed by atoms with Gasteiger partial charge in [-0.1, -0.05) is 24.3 Å². The van der Waals surface area contributed by atoms with Crippen molar-refractivity contribution in [2.24, 2.45) is 0 Å². The molecule has 0 fully saturated rings. The van der Waals surface area contributed by atoms with Gasteiger partial charge in [0.2, 0.25) is 0 Å². The van der Waals surface area contributed by atoms with E-state index in [-0.39, 0.29) is 11.2 Å². The molecular formula is C16H12O2S. The van der Waals surface area contributed by atoms with Crippen molar-refractivity contribution in [1.29, 1.82) is 0 Å². The number of hydrogen-bond acceptors (Lipinski definition) is 3. The lowest BCUT2D eigenvalue weighted by atomic mass is 10.0. The first kappa shape index (κ1) is 12.1. The van der Waals surface area contributed by atoms with E-state index in [2.05, 4.69) is 0 Å². The third-order valence-corrected chi connectivity index (χ3v) is 4.27. The predicted octanol–water partition coefficient (Wildman–Crippen LogP) is 3.55. The molecule has 0 spiro atoms. The summed E-state index contributed by atoms with van der Waals surface area (Å²) < 4.78 is 1.93. The van der Waals surface area contributed by atoms with Crippen molar-refractivity contribution in [3.8, 4) is 0 Å². The molecule has 19 heavy (non-hydrogen) atoms. The highest BCUT2D eigenvalue weighted by molar-refractivity contribution is 7.24. The van der Waals surface area contributed by atoms with Crippen molar-refractivity contribution in [2.75, 3.05) is 0 Å². The largest absolute Gasteiger partial charge is 0.300 e. The van der Waals surface area contributed by atoms with Gasteiger partial charge in [-0.25, -0.2) is 0 Å². The fraction of sp³-hybridized carbons (Fsp3) is 0.125. The van der Waals surface area contributed by atoms with Crippen LogP contribution in [0, 0.1) is 0 Å². The summed E-state index contributed by atoms with van der Waals surface area (Å²) in [7, 11) is 0. The van der Waals surface area contributed by atoms with Crippen molar-refractivity contribution in [2.45, 2.75) is 13.3 Å². The molecule has 0 bridgehead atoms. The van der Waals surface area contributed by atoms with Gasteiger partial charge in [0, 0.05) is 26.6 Å². The maximum atomic E-state index is 12.6. The van der Waals surface area contributed by atoms with Crippen LogP contribution in [0.3, 0.4) is 0 Å². The monoisotopic (exact) mass is 268 g/mol. The van der Waals surface area contributed by atoms with Crippen molar-refractivity contribution in [1.82, 2.24) is 0 Å². The van der Waals surface area contributed by atoms with E-state index in [0.29, 0.717) is 11.8 Å². The van der Waals surface area contributed by atoms with Gasteiger partial charge < -0.3 is 0 Å². The van der Waals surface area contributed by atoms with Crippen LogP contribution >= 0.6 is 11.3 Å². The third-order valence-electron chi connectivity index (χ3n) is 3.13. The molecule has 2 nitrogen and oxygen atoms in total. The Morgan fingerprint density at radius 2 is 1.79 bits per heavy atom. The van der Waals surface area contributed by atoms with E-state index in [9.17, 15) is 9.59 Å². The molecule has 0 N–H and O–H groups in total. The molecule has 0 unspecified atom stereocenters. The minimum atomic E-state index is 0.0289. The normalized spacial score (nSPS) is 11.0. The summed E-state index contributed by atoms with van der Waals surface area (Å²) in [5.74, 6) is 0.0741. The van der Waals surface area contributed by atoms with E-state index in [1.165, 1.54) is 0 Å². The van der Waals surface area contributed by atoms with Gasteiger partial charge in [-0.15, -0.1) is 11.3 Å². The molecule has 94 valence electrons. The molecule has 1 aromatic heterocycles. The zero-order chi connectivity index (χ0) is 13.4. The van der Waals surface area contributed by atoms with Gasteiger partial charge in [-0.3, -0.25) is 9.59 Å². The first-order valence-corrected chi connectivity index (χ1v) is 6.91. The number of carbonyl (C=O) groups excluding carboxylic acids is 1. The van der Waals surface area contributed by atoms with Crippen LogP contribution in [0.2, 0.25) is 0 Å². The highest BCUT2D eigenvalue weighted by atomic mass is 32.1. The Labute approximate surface area is 114 Å². The lowest BCUT2D eigenvalue weighted by Gasteiger charge is -2.05. The minimum Gasteiger partial charge on any atom is -0.300 e. The van der Waals surface area contributed by atoms with Crippen LogP contribution in [0.4, 0.5) is 0 Å². The fourth-order valence-electron chi connectivity index (χ4n) is 2.33. The molecule has 1 heterocycles. The lowest BCUT2D eigenvalue weighted by molar-refractivity contribution is -0.116. The summed E-state index contributed by atoms with van der Waals surface area (Å²) in [5.41, 5.74) is 0.859. The number of rotatable bonds is 2. The Balaban J connectivity index is 2.45. The van der Waals surface area contributed by atoms with Gasteiger partial charge in [0.05, 0.1) is 0 Å². The van der Waals surface area contributed by atoms with Gasteiger partial charge in [0.1, 0.15) is 5.78 Å². The van der Waals surface area contributed by atoms with E-state index < -0.39 is 0 Å². The summed E-state index contributed by atoms with van der Waals surface area (Å²) in [5, 5.41) is 1.43. The number of fused-ring (bicyclic) bond motifs is 2. The van der Waals surface area contributed by atoms with E-state index >= 15 is 0 Å². The number of hydrogen-bond donors (Lipinski definition) is 0. The Morgan fingerprint density at radius 1 is 1.05 bits per heavy atom. The second kappa shape index (κ2) is 4.59. The standard InChI is InChI=1S/C16H12O2S/c1-10(17)9-11-5-4-8-14-15(11)16(18)12-6-2-3-7-13(12)19-14/h2-8H,9H2,1H3. The highest BCUT2D eigenvalue weighted by Gasteiger charge is 2.10. The van der Waals surface area contributed by atoms with Crippen LogP contribution in [0.1, 0.15) is 12.5 Å². The summed E-state index contributed by atoms with van der Waals surface area (Å²) >= 11 is 1.60. The van der Waals surface area contributed by atoms with E-state index in [0.717, 1.165) is 20.3 Å². The zero-order valence-electron chi connectivity index (χ0n) is 10.5. The molecule has 0 saturated heterocycles. The second-order valence-electron chi connectivity index (χ2n) is 4.60. The summed E-state index contributed by atoms with van der Waals surface area (Å²) in [6.45, 7) is 1.55. The topological polar surface area (TPSA) is 34.1 Å². The lowest BCUT2D eigenvalue weighted by Crippen LogP contribution is -2.06. The molecule has 2 aromatic carbocycles. The third kappa shape index (κ3) is 2.06. The quantitative estimate of drug-likeness (QED) is 0.666. The Hall–Kier alpha value is -2.00. The average molecular weight is 268 g/mol. The van der Waals surface area contributed by atoms with Crippen LogP contribution in [0.25, 0.3) is 20.2 Å². The number of benzene rings is 2. The summed E-state index contributed by atoms with van der Waals surface area (Å²) in [4.78, 5) is 23.9. The van der Waals surface area contributed by atoms with E-state index in [4.69, 9.17) is 0 Å². The molecule has 0 saturated carbocycles. The summed E-state index contributed by atoms with van der Waals surface area (Å²) in [6.07, 6.45) is 0.317. The molecule has 3 heteroatoms. The summed E-state index contributed by atoms with van der Waals surface area (Å²) in [6, 6.07) is 13.3. The number of ketones is 1. The maximum absolute atomic E-state index is 12.6. The first-order chi connectivity index (χ1) is 9.16. The van der Waals surface area contributed by atoms with Crippen LogP contribution in [-0.2, 0) is 11.2 Å². The molecule has 0 atom stereocenters. The van der Waals surface area contributed by atoms with E-state index in [1.54, 1.807) is 18.3 Å². The molecule has 3 rings (SSSR count). The highest BCUT2D eigenvalue weighted by Crippen LogP contribution is 2.26. The molecule has 0 aliphatic carbocycles. The first-order valence-electron chi connectivity index (χ1n) is 6.09. The molecular weight excluding hydrogens is 256 g/mol. The molecule has 0 aliphatic rings. The minimum absolute atomic E-state index is 0.0289. The van der Waals surface area contributed by atoms with Gasteiger partial charge in [0.15, 0.2) is 5.43 Å². The van der Waals surface area contributed by atoms with Crippen LogP contribution in [0.15, 0.2) is 47.3 Å². The van der Waals surface area contributed by atoms with Gasteiger partial charge in [-0.05, 0) is 30.7 Å². The Morgan fingerprint density at radius 3 is 2.58 bits per heavy atom. The van der Waals surface area contributed by atoms with Gasteiger partial charge >= 0.3 is 0 Å². The molecule has 0 radical (unpaired) electrons. The molecule has 0 amide bonds. The van der Waals surface area contributed by atoms with Crippen LogP contribution in [-0.4, -0.2) is 5.78 Å². The molecule has 0 aliphatic heterocycles. The van der Waals surface area contributed by atoms with E-state index in [1.807, 2.05) is 42.5 Å². The SMILES string of the molecule is CC(=O)Cc1cccc2sc3ccccc3c(=O)c12. The predicted molar refractivity (Wildman–Crippen MR) is 80.0 cm³/mol. The maximum Gasteiger partial charge on any atom is 0.196 e. The van der Waals surface area contributed by atoms with Crippen molar-refractivity contribution in [3.05, 3.63) is 58.3 Å². The smallest absolute Gasteiger partial charge is 0.196 e. The van der Waals surface area contributed by atoms with Crippen molar-refractivity contribution in [3.63, 3.8) is 0 Å². The second-order valence-corrected chi connectivity index (χ2v) is 5.68. The van der Waals surface area contributed by atoms with Crippen LogP contribution in [0.5, 0.6) is 0 Å². The Kier molecular flexibility index (Phi) is 2.91. The van der Waals surface area contributed by atoms with Gasteiger partial charge in [0.25, 0.3) is 0 Å². The molecule has 3 aromatic rings. The van der Waals surface area contributed by atoms with Gasteiger partial charge in [-0.2, -0.15) is 0 Å². The Bertz CT molecular complexity index is 846. The van der Waals surface area contributed by atoms with Crippen molar-refractivity contribution >= 4 is 37.3 Å². The van der Waals surface area contributed by atoms with Crippen LogP contribution < -0.4 is 5.43 Å². The fourth-order valence-corrected chi connectivity index (χ4v) is 3.46. The average Bonchev–Trinajstić information content (AvgIpc) is 2.38. The van der Waals surface area contributed by atoms with Crippen molar-refractivity contribution < 1.29 is 4.79 Å². The number of carbonyl (C=O) groups is 1. The number of Topliss-reactive ketones (excluding diaryl/α,β-unsaturated/α-hetero) is 1. The zero-order valence-corrected chi connectivity index (χ0v) is 11.3.